The normalized spacial score (nSPS) is 12.0. The summed E-state index contributed by atoms with van der Waals surface area (Å²) < 4.78 is 0. The van der Waals surface area contributed by atoms with E-state index in [1.165, 1.54) is 11.1 Å². The number of nitrogens with zero attached hydrogens (tertiary/aromatic N) is 1. The second-order valence-corrected chi connectivity index (χ2v) is 5.87. The van der Waals surface area contributed by atoms with Crippen molar-refractivity contribution in [3.8, 4) is 0 Å². The Morgan fingerprint density at radius 2 is 1.08 bits per heavy atom. The van der Waals surface area contributed by atoms with E-state index in [0.29, 0.717) is 0 Å². The lowest BCUT2D eigenvalue weighted by Gasteiger charge is -2.28. The van der Waals surface area contributed by atoms with Gasteiger partial charge in [0.1, 0.15) is 6.29 Å². The molecular weight excluding hydrogens is 294 g/mol. The van der Waals surface area contributed by atoms with Crippen LogP contribution in [0.3, 0.4) is 0 Å². The molecule has 0 unspecified atom stereocenters. The molecule has 0 heterocycles. The highest BCUT2D eigenvalue weighted by molar-refractivity contribution is 5.61. The van der Waals surface area contributed by atoms with Crippen molar-refractivity contribution in [2.75, 3.05) is 0 Å². The Bertz CT molecular complexity index is 699. The molecule has 0 bridgehead atoms. The fraction of sp³-hybridized carbons (Fsp3) is 0.136. The first-order valence-corrected chi connectivity index (χ1v) is 8.19. The largest absolute Gasteiger partial charge is 0.301 e. The lowest BCUT2D eigenvalue weighted by atomic mass is 10.0. The van der Waals surface area contributed by atoms with Crippen molar-refractivity contribution >= 4 is 6.29 Å². The van der Waals surface area contributed by atoms with Gasteiger partial charge in [0.05, 0.1) is 6.04 Å². The third-order valence-corrected chi connectivity index (χ3v) is 4.12. The molecule has 3 rings (SSSR count). The van der Waals surface area contributed by atoms with E-state index in [1.807, 2.05) is 66.7 Å². The number of benzene rings is 3. The molecule has 3 aromatic rings. The first kappa shape index (κ1) is 16.2. The molecule has 2 nitrogen and oxygen atoms in total. The highest BCUT2D eigenvalue weighted by Gasteiger charge is 2.20. The van der Waals surface area contributed by atoms with Gasteiger partial charge in [-0.05, 0) is 16.7 Å². The minimum absolute atomic E-state index is 0.258. The summed E-state index contributed by atoms with van der Waals surface area (Å²) in [7, 11) is 0. The Morgan fingerprint density at radius 3 is 1.50 bits per heavy atom. The first-order valence-electron chi connectivity index (χ1n) is 8.19. The van der Waals surface area contributed by atoms with Gasteiger partial charge in [-0.2, -0.15) is 0 Å². The second kappa shape index (κ2) is 8.23. The van der Waals surface area contributed by atoms with Crippen LogP contribution in [0.15, 0.2) is 91.0 Å². The van der Waals surface area contributed by atoms with Crippen LogP contribution < -0.4 is 0 Å². The summed E-state index contributed by atoms with van der Waals surface area (Å²) in [5, 5.41) is 0. The molecule has 120 valence electrons. The standard InChI is InChI=1S/C22H21NO/c24-18-22(21-14-8-3-9-15-21)23(16-19-10-4-1-5-11-19)17-20-12-6-2-7-13-20/h1-15,18,22H,16-17H2/t22-/m0/s1. The number of carbonyl (C=O) groups is 1. The summed E-state index contributed by atoms with van der Waals surface area (Å²) in [6.07, 6.45) is 1.04. The third-order valence-electron chi connectivity index (χ3n) is 4.12. The zero-order valence-corrected chi connectivity index (χ0v) is 13.6. The summed E-state index contributed by atoms with van der Waals surface area (Å²) in [5.74, 6) is 0. The van der Waals surface area contributed by atoms with Gasteiger partial charge < -0.3 is 4.79 Å². The van der Waals surface area contributed by atoms with Crippen molar-refractivity contribution in [1.82, 2.24) is 4.90 Å². The van der Waals surface area contributed by atoms with Gasteiger partial charge in [0.15, 0.2) is 0 Å². The summed E-state index contributed by atoms with van der Waals surface area (Å²) >= 11 is 0. The Hall–Kier alpha value is -2.71. The molecular formula is C22H21NO. The Balaban J connectivity index is 1.89. The predicted molar refractivity (Wildman–Crippen MR) is 97.4 cm³/mol. The molecule has 0 aromatic heterocycles. The molecule has 0 aliphatic carbocycles. The van der Waals surface area contributed by atoms with E-state index in [2.05, 4.69) is 29.2 Å². The first-order chi connectivity index (χ1) is 11.9. The lowest BCUT2D eigenvalue weighted by Crippen LogP contribution is -2.29. The Morgan fingerprint density at radius 1 is 0.667 bits per heavy atom. The van der Waals surface area contributed by atoms with E-state index in [0.717, 1.165) is 24.9 Å². The van der Waals surface area contributed by atoms with Gasteiger partial charge in [-0.1, -0.05) is 91.0 Å². The summed E-state index contributed by atoms with van der Waals surface area (Å²) in [6, 6.07) is 30.3. The van der Waals surface area contributed by atoms with E-state index in [1.54, 1.807) is 0 Å². The molecule has 0 saturated heterocycles. The second-order valence-electron chi connectivity index (χ2n) is 5.87. The van der Waals surface area contributed by atoms with Crippen molar-refractivity contribution in [2.24, 2.45) is 0 Å². The van der Waals surface area contributed by atoms with Crippen LogP contribution in [0, 0.1) is 0 Å². The van der Waals surface area contributed by atoms with Gasteiger partial charge in [0.2, 0.25) is 0 Å². The lowest BCUT2D eigenvalue weighted by molar-refractivity contribution is -0.113. The SMILES string of the molecule is O=C[C@@H](c1ccccc1)N(Cc1ccccc1)Cc1ccccc1. The van der Waals surface area contributed by atoms with Crippen molar-refractivity contribution in [1.29, 1.82) is 0 Å². The quantitative estimate of drug-likeness (QED) is 0.593. The molecule has 0 aliphatic rings. The minimum Gasteiger partial charge on any atom is -0.301 e. The van der Waals surface area contributed by atoms with Gasteiger partial charge in [-0.3, -0.25) is 4.90 Å². The molecule has 1 atom stereocenters. The van der Waals surface area contributed by atoms with E-state index < -0.39 is 0 Å². The number of carbonyl (C=O) groups excluding carboxylic acids is 1. The molecule has 0 amide bonds. The van der Waals surface area contributed by atoms with Crippen molar-refractivity contribution in [3.05, 3.63) is 108 Å². The van der Waals surface area contributed by atoms with Gasteiger partial charge in [0, 0.05) is 13.1 Å². The zero-order valence-electron chi connectivity index (χ0n) is 13.6. The fourth-order valence-electron chi connectivity index (χ4n) is 2.91. The summed E-state index contributed by atoms with van der Waals surface area (Å²) in [5.41, 5.74) is 3.44. The molecule has 0 N–H and O–H groups in total. The van der Waals surface area contributed by atoms with Crippen LogP contribution >= 0.6 is 0 Å². The van der Waals surface area contributed by atoms with Crippen LogP contribution in [0.4, 0.5) is 0 Å². The number of hydrogen-bond acceptors (Lipinski definition) is 2. The third kappa shape index (κ3) is 4.18. The summed E-state index contributed by atoms with van der Waals surface area (Å²) in [4.78, 5) is 14.1. The minimum atomic E-state index is -0.258. The average molecular weight is 315 g/mol. The van der Waals surface area contributed by atoms with E-state index in [-0.39, 0.29) is 6.04 Å². The zero-order chi connectivity index (χ0) is 16.6. The van der Waals surface area contributed by atoms with Gasteiger partial charge in [-0.25, -0.2) is 0 Å². The number of hydrogen-bond donors (Lipinski definition) is 0. The molecule has 0 radical (unpaired) electrons. The summed E-state index contributed by atoms with van der Waals surface area (Å²) in [6.45, 7) is 1.46. The van der Waals surface area contributed by atoms with Crippen LogP contribution in [-0.2, 0) is 17.9 Å². The molecule has 0 fully saturated rings. The number of rotatable bonds is 7. The molecule has 0 aliphatic heterocycles. The molecule has 0 saturated carbocycles. The molecule has 2 heteroatoms. The highest BCUT2D eigenvalue weighted by atomic mass is 16.1. The molecule has 24 heavy (non-hydrogen) atoms. The fourth-order valence-corrected chi connectivity index (χ4v) is 2.91. The van der Waals surface area contributed by atoms with Crippen molar-refractivity contribution < 1.29 is 4.79 Å². The van der Waals surface area contributed by atoms with E-state index >= 15 is 0 Å². The maximum Gasteiger partial charge on any atom is 0.141 e. The smallest absolute Gasteiger partial charge is 0.141 e. The average Bonchev–Trinajstić information content (AvgIpc) is 2.65. The Labute approximate surface area is 143 Å². The van der Waals surface area contributed by atoms with Crippen LogP contribution in [0.5, 0.6) is 0 Å². The van der Waals surface area contributed by atoms with Crippen LogP contribution in [-0.4, -0.2) is 11.2 Å². The van der Waals surface area contributed by atoms with Crippen molar-refractivity contribution in [2.45, 2.75) is 19.1 Å². The van der Waals surface area contributed by atoms with Crippen LogP contribution in [0.2, 0.25) is 0 Å². The van der Waals surface area contributed by atoms with E-state index in [9.17, 15) is 4.79 Å². The molecule has 3 aromatic carbocycles. The van der Waals surface area contributed by atoms with Gasteiger partial charge in [-0.15, -0.1) is 0 Å². The topological polar surface area (TPSA) is 20.3 Å². The van der Waals surface area contributed by atoms with Crippen LogP contribution in [0.1, 0.15) is 22.7 Å². The molecule has 0 spiro atoms. The maximum absolute atomic E-state index is 11.9. The monoisotopic (exact) mass is 315 g/mol. The van der Waals surface area contributed by atoms with Gasteiger partial charge in [0.25, 0.3) is 0 Å². The Kier molecular flexibility index (Phi) is 5.54. The van der Waals surface area contributed by atoms with Crippen molar-refractivity contribution in [3.63, 3.8) is 0 Å². The van der Waals surface area contributed by atoms with Crippen LogP contribution in [0.25, 0.3) is 0 Å². The number of aldehydes is 1. The van der Waals surface area contributed by atoms with Gasteiger partial charge >= 0.3 is 0 Å². The highest BCUT2D eigenvalue weighted by Crippen LogP contribution is 2.23. The predicted octanol–water partition coefficient (Wildman–Crippen LogP) is 4.63. The van der Waals surface area contributed by atoms with E-state index in [4.69, 9.17) is 0 Å². The maximum atomic E-state index is 11.9.